The number of rotatable bonds is 2. The van der Waals surface area contributed by atoms with E-state index in [0.717, 1.165) is 5.56 Å². The van der Waals surface area contributed by atoms with Gasteiger partial charge < -0.3 is 0 Å². The monoisotopic (exact) mass is 153 g/mol. The summed E-state index contributed by atoms with van der Waals surface area (Å²) in [4.78, 5) is 14.2. The fourth-order valence-corrected chi connectivity index (χ4v) is 0.739. The van der Waals surface area contributed by atoms with Crippen LogP contribution in [0.1, 0.15) is 5.56 Å². The molecule has 0 fully saturated rings. The Kier molecular flexibility index (Phi) is 2.06. The second-order valence-corrected chi connectivity index (χ2v) is 2.08. The van der Waals surface area contributed by atoms with Gasteiger partial charge in [-0.2, -0.15) is 0 Å². The van der Waals surface area contributed by atoms with Crippen molar-refractivity contribution in [1.29, 1.82) is 0 Å². The maximum absolute atomic E-state index is 9.90. The van der Waals surface area contributed by atoms with E-state index in [0.29, 0.717) is 0 Å². The molecule has 1 aromatic rings. The van der Waals surface area contributed by atoms with E-state index in [1.807, 2.05) is 0 Å². The SMILES string of the molecule is Cc1ccccc1O[N+](=O)[O-]. The molecule has 1 aromatic carbocycles. The topological polar surface area (TPSA) is 52.4 Å². The van der Waals surface area contributed by atoms with E-state index in [1.54, 1.807) is 31.2 Å². The molecule has 0 heterocycles. The summed E-state index contributed by atoms with van der Waals surface area (Å²) < 4.78 is 0. The first-order valence-corrected chi connectivity index (χ1v) is 3.08. The van der Waals surface area contributed by atoms with E-state index in [4.69, 9.17) is 0 Å². The molecule has 0 N–H and O–H groups in total. The van der Waals surface area contributed by atoms with Crippen LogP contribution in [0.2, 0.25) is 0 Å². The molecule has 0 unspecified atom stereocenters. The Morgan fingerprint density at radius 3 is 2.64 bits per heavy atom. The lowest BCUT2D eigenvalue weighted by Crippen LogP contribution is -2.04. The van der Waals surface area contributed by atoms with Gasteiger partial charge in [0.05, 0.1) is 0 Å². The average molecular weight is 153 g/mol. The Morgan fingerprint density at radius 2 is 2.09 bits per heavy atom. The van der Waals surface area contributed by atoms with Crippen molar-refractivity contribution in [2.45, 2.75) is 6.92 Å². The van der Waals surface area contributed by atoms with Crippen LogP contribution in [0.4, 0.5) is 0 Å². The van der Waals surface area contributed by atoms with Crippen molar-refractivity contribution in [3.8, 4) is 5.75 Å². The molecule has 58 valence electrons. The number of hydrogen-bond acceptors (Lipinski definition) is 3. The van der Waals surface area contributed by atoms with Crippen LogP contribution in [-0.4, -0.2) is 5.09 Å². The Labute approximate surface area is 63.5 Å². The highest BCUT2D eigenvalue weighted by atomic mass is 17.0. The van der Waals surface area contributed by atoms with Crippen molar-refractivity contribution in [2.24, 2.45) is 0 Å². The van der Waals surface area contributed by atoms with Gasteiger partial charge in [-0.15, -0.1) is 10.1 Å². The zero-order valence-electron chi connectivity index (χ0n) is 5.98. The highest BCUT2D eigenvalue weighted by Crippen LogP contribution is 2.15. The second kappa shape index (κ2) is 3.01. The van der Waals surface area contributed by atoms with Gasteiger partial charge in [-0.05, 0) is 18.6 Å². The van der Waals surface area contributed by atoms with Crippen LogP contribution in [0.15, 0.2) is 24.3 Å². The molecule has 0 aliphatic carbocycles. The molecule has 0 saturated carbocycles. The Morgan fingerprint density at radius 1 is 1.45 bits per heavy atom. The molecule has 0 aliphatic rings. The zero-order chi connectivity index (χ0) is 8.27. The highest BCUT2D eigenvalue weighted by molar-refractivity contribution is 5.30. The van der Waals surface area contributed by atoms with E-state index >= 15 is 0 Å². The van der Waals surface area contributed by atoms with Crippen LogP contribution < -0.4 is 4.84 Å². The van der Waals surface area contributed by atoms with E-state index in [9.17, 15) is 10.1 Å². The summed E-state index contributed by atoms with van der Waals surface area (Å²) in [6.45, 7) is 1.75. The second-order valence-electron chi connectivity index (χ2n) is 2.08. The Balaban J connectivity index is 2.86. The molecule has 4 heteroatoms. The van der Waals surface area contributed by atoms with Crippen molar-refractivity contribution in [2.75, 3.05) is 0 Å². The fourth-order valence-electron chi connectivity index (χ4n) is 0.739. The maximum atomic E-state index is 9.90. The third kappa shape index (κ3) is 1.93. The predicted octanol–water partition coefficient (Wildman–Crippen LogP) is 1.57. The minimum atomic E-state index is -0.817. The molecule has 0 radical (unpaired) electrons. The lowest BCUT2D eigenvalue weighted by Gasteiger charge is -1.99. The zero-order valence-corrected chi connectivity index (χ0v) is 5.98. The van der Waals surface area contributed by atoms with Gasteiger partial charge >= 0.3 is 0 Å². The van der Waals surface area contributed by atoms with Gasteiger partial charge in [-0.3, -0.25) is 4.84 Å². The molecular formula is C7H7NO3. The highest BCUT2D eigenvalue weighted by Gasteiger charge is 2.00. The quantitative estimate of drug-likeness (QED) is 0.478. The first-order valence-electron chi connectivity index (χ1n) is 3.08. The smallest absolute Gasteiger partial charge is 0.276 e. The largest absolute Gasteiger partial charge is 0.299 e. The van der Waals surface area contributed by atoms with E-state index in [2.05, 4.69) is 4.84 Å². The molecule has 1 rings (SSSR count). The number of aryl methyl sites for hydroxylation is 1. The molecule has 11 heavy (non-hydrogen) atoms. The molecule has 0 aliphatic heterocycles. The standard InChI is InChI=1S/C7H7NO3/c1-6-4-2-3-5-7(6)11-8(9)10/h2-5H,1H3. The van der Waals surface area contributed by atoms with Crippen LogP contribution in [-0.2, 0) is 0 Å². The lowest BCUT2D eigenvalue weighted by atomic mass is 10.2. The first kappa shape index (κ1) is 7.53. The fraction of sp³-hybridized carbons (Fsp3) is 0.143. The van der Waals surface area contributed by atoms with Gasteiger partial charge in [0.2, 0.25) is 0 Å². The minimum absolute atomic E-state index is 0.289. The summed E-state index contributed by atoms with van der Waals surface area (Å²) >= 11 is 0. The first-order chi connectivity index (χ1) is 5.20. The van der Waals surface area contributed by atoms with Crippen LogP contribution in [0.25, 0.3) is 0 Å². The summed E-state index contributed by atoms with van der Waals surface area (Å²) in [5, 5.41) is 9.09. The van der Waals surface area contributed by atoms with Crippen molar-refractivity contribution in [3.63, 3.8) is 0 Å². The normalized spacial score (nSPS) is 9.18. The molecule has 4 nitrogen and oxygen atoms in total. The minimum Gasteiger partial charge on any atom is -0.276 e. The third-order valence-corrected chi connectivity index (χ3v) is 1.27. The van der Waals surface area contributed by atoms with Gasteiger partial charge in [0.15, 0.2) is 0 Å². The molecule has 0 spiro atoms. The summed E-state index contributed by atoms with van der Waals surface area (Å²) in [5.41, 5.74) is 0.754. The average Bonchev–Trinajstić information content (AvgIpc) is 1.93. The lowest BCUT2D eigenvalue weighted by molar-refractivity contribution is -0.711. The summed E-state index contributed by atoms with van der Waals surface area (Å²) in [6, 6.07) is 6.78. The Hall–Kier alpha value is -1.58. The van der Waals surface area contributed by atoms with Crippen LogP contribution in [0.3, 0.4) is 0 Å². The molecule has 0 atom stereocenters. The molecule has 0 bridgehead atoms. The number of benzene rings is 1. The van der Waals surface area contributed by atoms with E-state index < -0.39 is 5.09 Å². The number of nitrogens with zero attached hydrogens (tertiary/aromatic N) is 1. The molecular weight excluding hydrogens is 146 g/mol. The predicted molar refractivity (Wildman–Crippen MR) is 38.8 cm³/mol. The van der Waals surface area contributed by atoms with Gasteiger partial charge in [-0.25, -0.2) is 0 Å². The molecule has 0 saturated heterocycles. The third-order valence-electron chi connectivity index (χ3n) is 1.27. The van der Waals surface area contributed by atoms with Gasteiger partial charge in [0.25, 0.3) is 5.09 Å². The summed E-state index contributed by atoms with van der Waals surface area (Å²) in [5.74, 6) is 0.289. The summed E-state index contributed by atoms with van der Waals surface area (Å²) in [7, 11) is 0. The van der Waals surface area contributed by atoms with E-state index in [-0.39, 0.29) is 5.75 Å². The summed E-state index contributed by atoms with van der Waals surface area (Å²) in [6.07, 6.45) is 0. The number of hydrogen-bond donors (Lipinski definition) is 0. The van der Waals surface area contributed by atoms with Crippen molar-refractivity contribution >= 4 is 0 Å². The van der Waals surface area contributed by atoms with Crippen molar-refractivity contribution in [1.82, 2.24) is 0 Å². The van der Waals surface area contributed by atoms with Crippen molar-refractivity contribution < 1.29 is 9.92 Å². The van der Waals surface area contributed by atoms with Gasteiger partial charge in [0.1, 0.15) is 5.75 Å². The van der Waals surface area contributed by atoms with Gasteiger partial charge in [0, 0.05) is 0 Å². The van der Waals surface area contributed by atoms with Crippen LogP contribution >= 0.6 is 0 Å². The van der Waals surface area contributed by atoms with Gasteiger partial charge in [-0.1, -0.05) is 18.2 Å². The van der Waals surface area contributed by atoms with Crippen LogP contribution in [0, 0.1) is 17.0 Å². The molecule has 0 amide bonds. The van der Waals surface area contributed by atoms with Crippen molar-refractivity contribution in [3.05, 3.63) is 39.9 Å². The number of para-hydroxylation sites is 1. The maximum Gasteiger partial charge on any atom is 0.299 e. The molecule has 0 aromatic heterocycles. The van der Waals surface area contributed by atoms with Crippen LogP contribution in [0.5, 0.6) is 5.75 Å². The Bertz CT molecular complexity index is 272. The van der Waals surface area contributed by atoms with E-state index in [1.165, 1.54) is 0 Å².